The maximum absolute atomic E-state index is 13.2. The number of anilines is 1. The Morgan fingerprint density at radius 1 is 1.25 bits per heavy atom. The highest BCUT2D eigenvalue weighted by Gasteiger charge is 2.08. The van der Waals surface area contributed by atoms with Gasteiger partial charge in [0.2, 0.25) is 0 Å². The summed E-state index contributed by atoms with van der Waals surface area (Å²) in [5.41, 5.74) is 9.25. The maximum Gasteiger partial charge on any atom is 0.409 e. The van der Waals surface area contributed by atoms with Crippen LogP contribution in [0.15, 0.2) is 36.4 Å². The molecule has 5 heteroatoms. The number of hydrogen-bond donors (Lipinski definition) is 1. The van der Waals surface area contributed by atoms with Crippen LogP contribution in [0.1, 0.15) is 22.3 Å². The van der Waals surface area contributed by atoms with Gasteiger partial charge in [-0.05, 0) is 42.3 Å². The van der Waals surface area contributed by atoms with E-state index in [1.165, 1.54) is 24.1 Å². The summed E-state index contributed by atoms with van der Waals surface area (Å²) in [6.45, 7) is 2.22. The Kier molecular flexibility index (Phi) is 5.43. The molecule has 2 N–H and O–H groups in total. The second-order valence-electron chi connectivity index (χ2n) is 5.46. The predicted octanol–water partition coefficient (Wildman–Crippen LogP) is 3.31. The van der Waals surface area contributed by atoms with Crippen molar-refractivity contribution in [1.29, 1.82) is 0 Å². The second kappa shape index (κ2) is 7.51. The van der Waals surface area contributed by atoms with Gasteiger partial charge in [0.25, 0.3) is 0 Å². The monoisotopic (exact) mass is 326 g/mol. The number of nitrogens with two attached hydrogens (primary N) is 1. The van der Waals surface area contributed by atoms with E-state index in [0.717, 1.165) is 11.1 Å². The van der Waals surface area contributed by atoms with Gasteiger partial charge in [0.1, 0.15) is 5.82 Å². The highest BCUT2D eigenvalue weighted by molar-refractivity contribution is 5.67. The largest absolute Gasteiger partial charge is 0.453 e. The molecule has 0 radical (unpaired) electrons. The maximum atomic E-state index is 13.2. The van der Waals surface area contributed by atoms with E-state index in [9.17, 15) is 9.18 Å². The van der Waals surface area contributed by atoms with E-state index in [2.05, 4.69) is 16.6 Å². The van der Waals surface area contributed by atoms with Gasteiger partial charge in [0.15, 0.2) is 0 Å². The molecule has 0 unspecified atom stereocenters. The van der Waals surface area contributed by atoms with Crippen LogP contribution in [0, 0.1) is 24.6 Å². The number of rotatable bonds is 2. The van der Waals surface area contributed by atoms with E-state index < -0.39 is 0 Å². The molecule has 1 amide bonds. The Hall–Kier alpha value is -3.00. The summed E-state index contributed by atoms with van der Waals surface area (Å²) in [7, 11) is 3.01. The minimum Gasteiger partial charge on any atom is -0.453 e. The first-order valence-corrected chi connectivity index (χ1v) is 7.36. The van der Waals surface area contributed by atoms with Crippen LogP contribution in [0.25, 0.3) is 0 Å². The lowest BCUT2D eigenvalue weighted by atomic mass is 10.1. The Morgan fingerprint density at radius 3 is 2.50 bits per heavy atom. The average Bonchev–Trinajstić information content (AvgIpc) is 2.54. The zero-order valence-electron chi connectivity index (χ0n) is 13.9. The number of nitrogen functional groups attached to an aromatic ring is 1. The third-order valence-electron chi connectivity index (χ3n) is 3.52. The van der Waals surface area contributed by atoms with Crippen molar-refractivity contribution < 1.29 is 13.9 Å². The molecule has 2 rings (SSSR count). The minimum absolute atomic E-state index is 0.330. The minimum atomic E-state index is -0.388. The highest BCUT2D eigenvalue weighted by atomic mass is 19.1. The summed E-state index contributed by atoms with van der Waals surface area (Å²) in [5.74, 6) is 5.64. The van der Waals surface area contributed by atoms with E-state index in [0.29, 0.717) is 23.4 Å². The van der Waals surface area contributed by atoms with Crippen LogP contribution in [0.5, 0.6) is 0 Å². The molecule has 0 bridgehead atoms. The Labute approximate surface area is 141 Å². The van der Waals surface area contributed by atoms with Gasteiger partial charge in [-0.25, -0.2) is 9.18 Å². The lowest BCUT2D eigenvalue weighted by molar-refractivity contribution is 0.131. The second-order valence-corrected chi connectivity index (χ2v) is 5.46. The molecule has 124 valence electrons. The number of carbonyl (C=O) groups is 1. The smallest absolute Gasteiger partial charge is 0.409 e. The van der Waals surface area contributed by atoms with Gasteiger partial charge in [-0.1, -0.05) is 24.0 Å². The van der Waals surface area contributed by atoms with Crippen LogP contribution in [0.4, 0.5) is 14.9 Å². The van der Waals surface area contributed by atoms with Gasteiger partial charge in [-0.15, -0.1) is 0 Å². The van der Waals surface area contributed by atoms with Crippen molar-refractivity contribution in [1.82, 2.24) is 4.90 Å². The van der Waals surface area contributed by atoms with Crippen LogP contribution >= 0.6 is 0 Å². The van der Waals surface area contributed by atoms with Crippen molar-refractivity contribution in [2.24, 2.45) is 0 Å². The summed E-state index contributed by atoms with van der Waals surface area (Å²) >= 11 is 0. The number of benzene rings is 2. The van der Waals surface area contributed by atoms with E-state index in [1.807, 2.05) is 24.3 Å². The fraction of sp³-hybridized carbons (Fsp3) is 0.211. The number of ether oxygens (including phenoxy) is 1. The van der Waals surface area contributed by atoms with Crippen LogP contribution in [0.3, 0.4) is 0 Å². The SMILES string of the molecule is COC(=O)N(C)Cc1ccc(C#Cc2c(C)cc(F)cc2N)cc1. The van der Waals surface area contributed by atoms with Gasteiger partial charge in [-0.2, -0.15) is 0 Å². The molecule has 0 saturated heterocycles. The van der Waals surface area contributed by atoms with Crippen LogP contribution < -0.4 is 5.73 Å². The van der Waals surface area contributed by atoms with Crippen LogP contribution in [-0.4, -0.2) is 25.2 Å². The summed E-state index contributed by atoms with van der Waals surface area (Å²) < 4.78 is 17.9. The lowest BCUT2D eigenvalue weighted by Crippen LogP contribution is -2.25. The molecule has 0 saturated carbocycles. The summed E-state index contributed by atoms with van der Waals surface area (Å²) in [5, 5.41) is 0. The Bertz CT molecular complexity index is 781. The molecule has 2 aromatic rings. The molecule has 4 nitrogen and oxygen atoms in total. The molecule has 0 atom stereocenters. The number of carbonyl (C=O) groups excluding carboxylic acids is 1. The third kappa shape index (κ3) is 4.26. The van der Waals surface area contributed by atoms with Crippen molar-refractivity contribution in [3.63, 3.8) is 0 Å². The lowest BCUT2D eigenvalue weighted by Gasteiger charge is -2.15. The highest BCUT2D eigenvalue weighted by Crippen LogP contribution is 2.17. The first kappa shape index (κ1) is 17.4. The van der Waals surface area contributed by atoms with Gasteiger partial charge in [0, 0.05) is 19.2 Å². The van der Waals surface area contributed by atoms with Gasteiger partial charge in [0.05, 0.1) is 18.4 Å². The van der Waals surface area contributed by atoms with Gasteiger partial charge in [-0.3, -0.25) is 0 Å². The molecule has 0 fully saturated rings. The quantitative estimate of drug-likeness (QED) is 0.680. The van der Waals surface area contributed by atoms with Crippen molar-refractivity contribution in [3.8, 4) is 11.8 Å². The van der Waals surface area contributed by atoms with Crippen molar-refractivity contribution in [2.45, 2.75) is 13.5 Å². The number of methoxy groups -OCH3 is 1. The van der Waals surface area contributed by atoms with E-state index in [4.69, 9.17) is 5.73 Å². The van der Waals surface area contributed by atoms with E-state index in [1.54, 1.807) is 14.0 Å². The Morgan fingerprint density at radius 2 is 1.92 bits per heavy atom. The summed E-state index contributed by atoms with van der Waals surface area (Å²) in [6.07, 6.45) is -0.388. The molecule has 0 aliphatic rings. The first-order chi connectivity index (χ1) is 11.4. The molecule has 24 heavy (non-hydrogen) atoms. The zero-order chi connectivity index (χ0) is 17.7. The van der Waals surface area contributed by atoms with E-state index >= 15 is 0 Å². The standard InChI is InChI=1S/C19H19FN2O2/c1-13-10-16(20)11-18(21)17(13)9-8-14-4-6-15(7-5-14)12-22(2)19(23)24-3/h4-7,10-11H,12,21H2,1-3H3. The first-order valence-electron chi connectivity index (χ1n) is 7.36. The van der Waals surface area contributed by atoms with Crippen molar-refractivity contribution >= 4 is 11.8 Å². The number of nitrogens with zero attached hydrogens (tertiary/aromatic N) is 1. The molecule has 0 aliphatic heterocycles. The molecule has 0 spiro atoms. The normalized spacial score (nSPS) is 9.83. The van der Waals surface area contributed by atoms with Crippen molar-refractivity contribution in [2.75, 3.05) is 19.9 Å². The molecule has 0 heterocycles. The van der Waals surface area contributed by atoms with Crippen LogP contribution in [0.2, 0.25) is 0 Å². The molecule has 0 aliphatic carbocycles. The van der Waals surface area contributed by atoms with Gasteiger partial charge < -0.3 is 15.4 Å². The fourth-order valence-electron chi connectivity index (χ4n) is 2.26. The average molecular weight is 326 g/mol. The Balaban J connectivity index is 2.15. The van der Waals surface area contributed by atoms with E-state index in [-0.39, 0.29) is 11.9 Å². The fourth-order valence-corrected chi connectivity index (χ4v) is 2.26. The predicted molar refractivity (Wildman–Crippen MR) is 91.8 cm³/mol. The molecule has 0 aromatic heterocycles. The zero-order valence-corrected chi connectivity index (χ0v) is 13.9. The molecular weight excluding hydrogens is 307 g/mol. The number of amides is 1. The third-order valence-corrected chi connectivity index (χ3v) is 3.52. The van der Waals surface area contributed by atoms with Crippen LogP contribution in [-0.2, 0) is 11.3 Å². The summed E-state index contributed by atoms with van der Waals surface area (Å²) in [6, 6.07) is 10.2. The number of hydrogen-bond acceptors (Lipinski definition) is 3. The molecular formula is C19H19FN2O2. The summed E-state index contributed by atoms with van der Waals surface area (Å²) in [4.78, 5) is 12.8. The topological polar surface area (TPSA) is 55.6 Å². The number of halogens is 1. The van der Waals surface area contributed by atoms with Crippen molar-refractivity contribution in [3.05, 3.63) is 64.5 Å². The molecule has 2 aromatic carbocycles. The van der Waals surface area contributed by atoms with Gasteiger partial charge >= 0.3 is 6.09 Å². The number of aryl methyl sites for hydroxylation is 1.